The van der Waals surface area contributed by atoms with Gasteiger partial charge in [-0.3, -0.25) is 4.98 Å². The van der Waals surface area contributed by atoms with E-state index >= 15 is 0 Å². The molecule has 5 nitrogen and oxygen atoms in total. The summed E-state index contributed by atoms with van der Waals surface area (Å²) in [5, 5.41) is 3.42. The van der Waals surface area contributed by atoms with Crippen LogP contribution in [0.2, 0.25) is 0 Å². The molecule has 1 spiro atoms. The summed E-state index contributed by atoms with van der Waals surface area (Å²) in [4.78, 5) is 11.2. The maximum absolute atomic E-state index is 5.65. The molecule has 23 heavy (non-hydrogen) atoms. The predicted octanol–water partition coefficient (Wildman–Crippen LogP) is 2.92. The summed E-state index contributed by atoms with van der Waals surface area (Å²) < 4.78 is 5.65. The summed E-state index contributed by atoms with van der Waals surface area (Å²) in [5.41, 5.74) is 0.600. The summed E-state index contributed by atoms with van der Waals surface area (Å²) in [7, 11) is 0. The number of rotatable bonds is 5. The molecule has 0 aromatic carbocycles. The van der Waals surface area contributed by atoms with E-state index in [-0.39, 0.29) is 24.0 Å². The van der Waals surface area contributed by atoms with Crippen molar-refractivity contribution in [3.05, 3.63) is 24.5 Å². The molecule has 0 bridgehead atoms. The number of hydrogen-bond acceptors (Lipinski definition) is 3. The third kappa shape index (κ3) is 4.71. The van der Waals surface area contributed by atoms with Gasteiger partial charge in [0.05, 0.1) is 12.7 Å². The van der Waals surface area contributed by atoms with Crippen LogP contribution in [0.25, 0.3) is 0 Å². The molecule has 1 aliphatic carbocycles. The van der Waals surface area contributed by atoms with Crippen LogP contribution in [0.5, 0.6) is 5.75 Å². The molecule has 2 heterocycles. The van der Waals surface area contributed by atoms with Crippen molar-refractivity contribution in [2.45, 2.75) is 32.6 Å². The first-order valence-electron chi connectivity index (χ1n) is 8.37. The van der Waals surface area contributed by atoms with Gasteiger partial charge in [-0.1, -0.05) is 6.42 Å². The van der Waals surface area contributed by atoms with E-state index in [9.17, 15) is 0 Å². The Morgan fingerprint density at radius 1 is 1.43 bits per heavy atom. The van der Waals surface area contributed by atoms with Gasteiger partial charge in [-0.25, -0.2) is 4.99 Å². The molecule has 0 radical (unpaired) electrons. The second-order valence-electron chi connectivity index (χ2n) is 6.30. The summed E-state index contributed by atoms with van der Waals surface area (Å²) in [6.45, 7) is 6.58. The Bertz CT molecular complexity index is 505. The largest absolute Gasteiger partial charge is 0.490 e. The normalized spacial score (nSPS) is 19.2. The minimum absolute atomic E-state index is 0. The Morgan fingerprint density at radius 3 is 2.91 bits per heavy atom. The molecule has 1 aromatic rings. The minimum Gasteiger partial charge on any atom is -0.490 e. The van der Waals surface area contributed by atoms with Crippen molar-refractivity contribution >= 4 is 29.9 Å². The van der Waals surface area contributed by atoms with Crippen LogP contribution in [0.1, 0.15) is 32.6 Å². The van der Waals surface area contributed by atoms with Crippen molar-refractivity contribution in [3.63, 3.8) is 0 Å². The van der Waals surface area contributed by atoms with Crippen molar-refractivity contribution < 1.29 is 4.74 Å². The van der Waals surface area contributed by atoms with Crippen LogP contribution in [0.3, 0.4) is 0 Å². The van der Waals surface area contributed by atoms with Gasteiger partial charge in [0.2, 0.25) is 0 Å². The van der Waals surface area contributed by atoms with Crippen molar-refractivity contribution in [1.82, 2.24) is 15.2 Å². The van der Waals surface area contributed by atoms with Crippen LogP contribution in [0.4, 0.5) is 0 Å². The van der Waals surface area contributed by atoms with Crippen LogP contribution in [-0.2, 0) is 0 Å². The highest BCUT2D eigenvalue weighted by atomic mass is 127. The van der Waals surface area contributed by atoms with Crippen LogP contribution in [0.15, 0.2) is 29.5 Å². The topological polar surface area (TPSA) is 49.8 Å². The number of halogens is 1. The van der Waals surface area contributed by atoms with Crippen molar-refractivity contribution in [2.24, 2.45) is 10.4 Å². The molecule has 6 heteroatoms. The van der Waals surface area contributed by atoms with Gasteiger partial charge in [0.1, 0.15) is 12.4 Å². The van der Waals surface area contributed by atoms with E-state index < -0.39 is 0 Å². The molecule has 0 atom stereocenters. The molecular weight excluding hydrogens is 403 g/mol. The van der Waals surface area contributed by atoms with Gasteiger partial charge < -0.3 is 15.0 Å². The monoisotopic (exact) mass is 430 g/mol. The van der Waals surface area contributed by atoms with E-state index in [0.717, 1.165) is 24.8 Å². The highest BCUT2D eigenvalue weighted by Crippen LogP contribution is 2.47. The molecule has 3 rings (SSSR count). The van der Waals surface area contributed by atoms with Gasteiger partial charge in [0.15, 0.2) is 5.96 Å². The lowest BCUT2D eigenvalue weighted by molar-refractivity contribution is 0.151. The van der Waals surface area contributed by atoms with Gasteiger partial charge in [-0.15, -0.1) is 24.0 Å². The van der Waals surface area contributed by atoms with Crippen molar-refractivity contribution in [3.8, 4) is 5.75 Å². The number of hydrogen-bond donors (Lipinski definition) is 1. The Kier molecular flexibility index (Phi) is 6.92. The minimum atomic E-state index is 0. The molecule has 1 saturated carbocycles. The molecule has 2 fully saturated rings. The summed E-state index contributed by atoms with van der Waals surface area (Å²) >= 11 is 0. The van der Waals surface area contributed by atoms with Crippen LogP contribution in [0, 0.1) is 5.41 Å². The van der Waals surface area contributed by atoms with Crippen LogP contribution < -0.4 is 10.1 Å². The highest BCUT2D eigenvalue weighted by molar-refractivity contribution is 14.0. The molecule has 1 N–H and O–H groups in total. The number of nitrogens with one attached hydrogen (secondary N) is 1. The number of aliphatic imine (C=N–C) groups is 1. The third-order valence-electron chi connectivity index (χ3n) is 4.74. The average molecular weight is 430 g/mol. The highest BCUT2D eigenvalue weighted by Gasteiger charge is 2.43. The molecule has 1 aliphatic heterocycles. The Hall–Kier alpha value is -1.05. The SMILES string of the molecule is CCNC(=NCCOc1cccnc1)N1CCC2(CCC2)C1.I. The van der Waals surface area contributed by atoms with E-state index in [1.165, 1.54) is 32.2 Å². The molecule has 2 aliphatic rings. The first-order valence-corrected chi connectivity index (χ1v) is 8.37. The Balaban J connectivity index is 0.00000192. The average Bonchev–Trinajstić information content (AvgIpc) is 2.97. The molecule has 1 aromatic heterocycles. The number of aromatic nitrogens is 1. The number of ether oxygens (including phenoxy) is 1. The predicted molar refractivity (Wildman–Crippen MR) is 104 cm³/mol. The standard InChI is InChI=1S/C17H26N4O.HI/c1-2-19-16(21-11-8-17(14-21)6-4-7-17)20-10-12-22-15-5-3-9-18-13-15;/h3,5,9,13H,2,4,6-8,10-12,14H2,1H3,(H,19,20);1H. The maximum atomic E-state index is 5.65. The third-order valence-corrected chi connectivity index (χ3v) is 4.74. The van der Waals surface area contributed by atoms with Crippen molar-refractivity contribution in [1.29, 1.82) is 0 Å². The summed E-state index contributed by atoms with van der Waals surface area (Å²) in [6.07, 6.45) is 9.00. The second-order valence-corrected chi connectivity index (χ2v) is 6.30. The Morgan fingerprint density at radius 2 is 2.30 bits per heavy atom. The van der Waals surface area contributed by atoms with E-state index in [2.05, 4.69) is 22.1 Å². The zero-order chi connectivity index (χ0) is 15.3. The fourth-order valence-electron chi connectivity index (χ4n) is 3.37. The quantitative estimate of drug-likeness (QED) is 0.338. The van der Waals surface area contributed by atoms with Gasteiger partial charge in [-0.05, 0) is 43.7 Å². The molecule has 0 unspecified atom stereocenters. The van der Waals surface area contributed by atoms with Gasteiger partial charge in [0, 0.05) is 25.8 Å². The molecule has 0 amide bonds. The zero-order valence-electron chi connectivity index (χ0n) is 13.8. The first kappa shape index (κ1) is 18.3. The molecular formula is C17H27IN4O. The molecule has 128 valence electrons. The number of likely N-dealkylation sites (tertiary alicyclic amines) is 1. The number of pyridine rings is 1. The van der Waals surface area contributed by atoms with E-state index in [4.69, 9.17) is 9.73 Å². The second kappa shape index (κ2) is 8.70. The lowest BCUT2D eigenvalue weighted by Gasteiger charge is -2.38. The van der Waals surface area contributed by atoms with E-state index in [1.807, 2.05) is 12.1 Å². The van der Waals surface area contributed by atoms with E-state index in [1.54, 1.807) is 12.4 Å². The first-order chi connectivity index (χ1) is 10.8. The lowest BCUT2D eigenvalue weighted by Crippen LogP contribution is -2.42. The van der Waals surface area contributed by atoms with Gasteiger partial charge in [0.25, 0.3) is 0 Å². The summed E-state index contributed by atoms with van der Waals surface area (Å²) in [6, 6.07) is 3.80. The summed E-state index contributed by atoms with van der Waals surface area (Å²) in [5.74, 6) is 1.85. The lowest BCUT2D eigenvalue weighted by atomic mass is 9.68. The molecule has 1 saturated heterocycles. The van der Waals surface area contributed by atoms with Crippen LogP contribution >= 0.6 is 24.0 Å². The van der Waals surface area contributed by atoms with Crippen molar-refractivity contribution in [2.75, 3.05) is 32.8 Å². The Labute approximate surface area is 155 Å². The van der Waals surface area contributed by atoms with Gasteiger partial charge >= 0.3 is 0 Å². The van der Waals surface area contributed by atoms with Crippen LogP contribution in [-0.4, -0.2) is 48.6 Å². The zero-order valence-corrected chi connectivity index (χ0v) is 16.2. The van der Waals surface area contributed by atoms with Gasteiger partial charge in [-0.2, -0.15) is 0 Å². The fraction of sp³-hybridized carbons (Fsp3) is 0.647. The smallest absolute Gasteiger partial charge is 0.194 e. The number of guanidine groups is 1. The van der Waals surface area contributed by atoms with E-state index in [0.29, 0.717) is 18.6 Å². The number of nitrogens with zero attached hydrogens (tertiary/aromatic N) is 3. The maximum Gasteiger partial charge on any atom is 0.194 e. The fourth-order valence-corrected chi connectivity index (χ4v) is 3.37.